The maximum Gasteiger partial charge on any atom is 0.273 e. The van der Waals surface area contributed by atoms with E-state index in [9.17, 15) is 9.59 Å². The molecule has 6 heteroatoms. The first kappa shape index (κ1) is 13.1. The van der Waals surface area contributed by atoms with Crippen LogP contribution in [0.5, 0.6) is 0 Å². The molecule has 0 aliphatic rings. The van der Waals surface area contributed by atoms with Gasteiger partial charge in [-0.3, -0.25) is 14.7 Å². The molecule has 0 aliphatic heterocycles. The van der Waals surface area contributed by atoms with Crippen molar-refractivity contribution in [2.45, 2.75) is 26.2 Å². The van der Waals surface area contributed by atoms with Crippen molar-refractivity contribution in [2.75, 3.05) is 5.32 Å². The Balaban J connectivity index is 2.16. The first-order valence-electron chi connectivity index (χ1n) is 5.93. The van der Waals surface area contributed by atoms with Gasteiger partial charge in [-0.15, -0.1) is 0 Å². The number of amides is 1. The summed E-state index contributed by atoms with van der Waals surface area (Å²) in [6.07, 6.45) is 0. The fraction of sp³-hybridized carbons (Fsp3) is 0.308. The Labute approximate surface area is 110 Å². The summed E-state index contributed by atoms with van der Waals surface area (Å²) < 4.78 is 0. The van der Waals surface area contributed by atoms with Crippen LogP contribution in [-0.4, -0.2) is 21.1 Å². The van der Waals surface area contributed by atoms with E-state index in [-0.39, 0.29) is 16.7 Å². The van der Waals surface area contributed by atoms with Crippen molar-refractivity contribution >= 4 is 11.7 Å². The average molecular weight is 260 g/mol. The lowest BCUT2D eigenvalue weighted by atomic mass is 9.92. The van der Waals surface area contributed by atoms with Crippen LogP contribution in [0.3, 0.4) is 0 Å². The summed E-state index contributed by atoms with van der Waals surface area (Å²) in [6, 6.07) is 6.19. The van der Waals surface area contributed by atoms with Crippen LogP contribution < -0.4 is 10.9 Å². The second-order valence-electron chi connectivity index (χ2n) is 5.30. The Morgan fingerprint density at radius 3 is 2.63 bits per heavy atom. The fourth-order valence-electron chi connectivity index (χ4n) is 1.53. The van der Waals surface area contributed by atoms with Crippen LogP contribution in [0.25, 0.3) is 0 Å². The number of aromatic amines is 2. The summed E-state index contributed by atoms with van der Waals surface area (Å²) >= 11 is 0. The highest BCUT2D eigenvalue weighted by atomic mass is 16.2. The SMILES string of the molecule is CC(C)(C)c1cc(NC(=O)c2cccc(=O)[nH]2)n[nH]1. The first-order valence-corrected chi connectivity index (χ1v) is 5.93. The predicted octanol–water partition coefficient (Wildman–Crippen LogP) is 1.65. The van der Waals surface area contributed by atoms with Crippen molar-refractivity contribution < 1.29 is 4.79 Å². The molecule has 2 aromatic rings. The minimum atomic E-state index is -0.398. The van der Waals surface area contributed by atoms with Gasteiger partial charge >= 0.3 is 0 Å². The summed E-state index contributed by atoms with van der Waals surface area (Å²) in [7, 11) is 0. The van der Waals surface area contributed by atoms with E-state index in [4.69, 9.17) is 0 Å². The molecule has 2 heterocycles. The maximum atomic E-state index is 11.9. The van der Waals surface area contributed by atoms with Gasteiger partial charge in [-0.25, -0.2) is 0 Å². The van der Waals surface area contributed by atoms with Gasteiger partial charge in [0, 0.05) is 23.2 Å². The van der Waals surface area contributed by atoms with Crippen molar-refractivity contribution in [3.8, 4) is 0 Å². The predicted molar refractivity (Wildman–Crippen MR) is 72.3 cm³/mol. The molecule has 1 amide bonds. The number of carbonyl (C=O) groups is 1. The van der Waals surface area contributed by atoms with Crippen molar-refractivity contribution in [1.29, 1.82) is 0 Å². The zero-order chi connectivity index (χ0) is 14.0. The maximum absolute atomic E-state index is 11.9. The highest BCUT2D eigenvalue weighted by Crippen LogP contribution is 2.21. The molecule has 19 heavy (non-hydrogen) atoms. The number of nitrogens with one attached hydrogen (secondary N) is 3. The Morgan fingerprint density at radius 2 is 2.05 bits per heavy atom. The van der Waals surface area contributed by atoms with Crippen molar-refractivity contribution in [3.63, 3.8) is 0 Å². The van der Waals surface area contributed by atoms with Crippen LogP contribution in [0, 0.1) is 0 Å². The minimum absolute atomic E-state index is 0.0724. The molecule has 0 unspecified atom stereocenters. The van der Waals surface area contributed by atoms with E-state index in [1.807, 2.05) is 20.8 Å². The molecule has 0 aromatic carbocycles. The molecule has 0 radical (unpaired) electrons. The summed E-state index contributed by atoms with van der Waals surface area (Å²) in [6.45, 7) is 6.13. The first-order chi connectivity index (χ1) is 8.86. The minimum Gasteiger partial charge on any atom is -0.318 e. The molecule has 100 valence electrons. The zero-order valence-electron chi connectivity index (χ0n) is 11.1. The molecule has 0 fully saturated rings. The lowest BCUT2D eigenvalue weighted by Gasteiger charge is -2.14. The average Bonchev–Trinajstić information content (AvgIpc) is 2.77. The van der Waals surface area contributed by atoms with Crippen LogP contribution >= 0.6 is 0 Å². The number of pyridine rings is 1. The van der Waals surface area contributed by atoms with Gasteiger partial charge in [0.05, 0.1) is 0 Å². The summed E-state index contributed by atoms with van der Waals surface area (Å²) in [5, 5.41) is 9.53. The van der Waals surface area contributed by atoms with E-state index in [1.165, 1.54) is 18.2 Å². The van der Waals surface area contributed by atoms with Crippen molar-refractivity contribution in [3.05, 3.63) is 46.0 Å². The topological polar surface area (TPSA) is 90.6 Å². The van der Waals surface area contributed by atoms with Gasteiger partial charge in [0.2, 0.25) is 5.56 Å². The van der Waals surface area contributed by atoms with E-state index < -0.39 is 5.91 Å². The van der Waals surface area contributed by atoms with Gasteiger partial charge in [-0.2, -0.15) is 5.10 Å². The van der Waals surface area contributed by atoms with E-state index in [1.54, 1.807) is 6.07 Å². The van der Waals surface area contributed by atoms with Gasteiger partial charge in [0.1, 0.15) is 5.69 Å². The number of carbonyl (C=O) groups excluding carboxylic acids is 1. The largest absolute Gasteiger partial charge is 0.318 e. The summed E-state index contributed by atoms with van der Waals surface area (Å²) in [4.78, 5) is 25.5. The molecular formula is C13H16N4O2. The third-order valence-corrected chi connectivity index (χ3v) is 2.64. The van der Waals surface area contributed by atoms with Gasteiger partial charge in [-0.05, 0) is 6.07 Å². The number of anilines is 1. The number of nitrogens with zero attached hydrogens (tertiary/aromatic N) is 1. The van der Waals surface area contributed by atoms with E-state index in [2.05, 4.69) is 20.5 Å². The lowest BCUT2D eigenvalue weighted by Crippen LogP contribution is -2.18. The van der Waals surface area contributed by atoms with E-state index >= 15 is 0 Å². The molecular weight excluding hydrogens is 244 g/mol. The number of H-pyrrole nitrogens is 2. The molecule has 0 bridgehead atoms. The van der Waals surface area contributed by atoms with Crippen LogP contribution in [0.4, 0.5) is 5.82 Å². The molecule has 0 saturated heterocycles. The van der Waals surface area contributed by atoms with Gasteiger partial charge in [-0.1, -0.05) is 26.8 Å². The Bertz CT molecular complexity index is 649. The van der Waals surface area contributed by atoms with Crippen molar-refractivity contribution in [1.82, 2.24) is 15.2 Å². The molecule has 0 spiro atoms. The highest BCUT2D eigenvalue weighted by molar-refractivity contribution is 6.02. The molecule has 6 nitrogen and oxygen atoms in total. The van der Waals surface area contributed by atoms with Crippen LogP contribution in [-0.2, 0) is 5.41 Å². The van der Waals surface area contributed by atoms with Crippen molar-refractivity contribution in [2.24, 2.45) is 0 Å². The smallest absolute Gasteiger partial charge is 0.273 e. The summed E-state index contributed by atoms with van der Waals surface area (Å²) in [5.41, 5.74) is 0.735. The second kappa shape index (κ2) is 4.72. The lowest BCUT2D eigenvalue weighted by molar-refractivity contribution is 0.102. The third kappa shape index (κ3) is 3.09. The van der Waals surface area contributed by atoms with Crippen LogP contribution in [0.2, 0.25) is 0 Å². The number of rotatable bonds is 2. The van der Waals surface area contributed by atoms with Crippen LogP contribution in [0.1, 0.15) is 37.0 Å². The Kier molecular flexibility index (Phi) is 3.25. The zero-order valence-corrected chi connectivity index (χ0v) is 11.1. The Hall–Kier alpha value is -2.37. The quantitative estimate of drug-likeness (QED) is 0.766. The van der Waals surface area contributed by atoms with E-state index in [0.717, 1.165) is 5.69 Å². The molecule has 3 N–H and O–H groups in total. The molecule has 2 aromatic heterocycles. The fourth-order valence-corrected chi connectivity index (χ4v) is 1.53. The standard InChI is InChI=1S/C13H16N4O2/c1-13(2,3)9-7-10(17-16-9)15-12(19)8-5-4-6-11(18)14-8/h4-7H,1-3H3,(H,14,18)(H2,15,16,17,19). The van der Waals surface area contributed by atoms with Gasteiger partial charge in [0.25, 0.3) is 5.91 Å². The van der Waals surface area contributed by atoms with Gasteiger partial charge in [0.15, 0.2) is 5.82 Å². The van der Waals surface area contributed by atoms with Crippen LogP contribution in [0.15, 0.2) is 29.1 Å². The molecule has 0 aliphatic carbocycles. The third-order valence-electron chi connectivity index (χ3n) is 2.64. The molecule has 0 atom stereocenters. The monoisotopic (exact) mass is 260 g/mol. The number of hydrogen-bond donors (Lipinski definition) is 3. The number of hydrogen-bond acceptors (Lipinski definition) is 3. The number of aromatic nitrogens is 3. The van der Waals surface area contributed by atoms with E-state index in [0.29, 0.717) is 5.82 Å². The Morgan fingerprint density at radius 1 is 1.32 bits per heavy atom. The molecule has 2 rings (SSSR count). The highest BCUT2D eigenvalue weighted by Gasteiger charge is 2.17. The van der Waals surface area contributed by atoms with Gasteiger partial charge < -0.3 is 10.3 Å². The molecule has 0 saturated carbocycles. The summed E-state index contributed by atoms with van der Waals surface area (Å²) in [5.74, 6) is 0.0317. The second-order valence-corrected chi connectivity index (χ2v) is 5.30. The normalized spacial score (nSPS) is 11.3.